The first-order valence-electron chi connectivity index (χ1n) is 8.97. The highest BCUT2D eigenvalue weighted by Crippen LogP contribution is 2.18. The zero-order chi connectivity index (χ0) is 21.4. The largest absolute Gasteiger partial charge is 0.494 e. The molecule has 0 heterocycles. The number of para-hydroxylation sites is 1. The van der Waals surface area contributed by atoms with Crippen LogP contribution in [0.4, 0.5) is 14.9 Å². The van der Waals surface area contributed by atoms with Crippen molar-refractivity contribution in [3.8, 4) is 5.75 Å². The average Bonchev–Trinajstić information content (AvgIpc) is 2.70. The lowest BCUT2D eigenvalue weighted by atomic mass is 10.0. The van der Waals surface area contributed by atoms with Crippen molar-refractivity contribution >= 4 is 23.5 Å². The summed E-state index contributed by atoms with van der Waals surface area (Å²) >= 11 is 0. The zero-order valence-corrected chi connectivity index (χ0v) is 16.4. The minimum absolute atomic E-state index is 0.00652. The van der Waals surface area contributed by atoms with Crippen molar-refractivity contribution < 1.29 is 28.2 Å². The SMILES string of the molecule is COc1ccc(C(=O)COC(=O)[C@H](NC(=O)Nc2ccccc2)C(C)C)cc1F. The molecule has 2 aromatic carbocycles. The number of carbonyl (C=O) groups excluding carboxylic acids is 3. The molecule has 0 aliphatic rings. The van der Waals surface area contributed by atoms with Crippen LogP contribution in [0.25, 0.3) is 0 Å². The van der Waals surface area contributed by atoms with Crippen LogP contribution in [0, 0.1) is 11.7 Å². The van der Waals surface area contributed by atoms with E-state index in [1.807, 2.05) is 6.07 Å². The van der Waals surface area contributed by atoms with Gasteiger partial charge < -0.3 is 20.1 Å². The molecule has 0 aromatic heterocycles. The van der Waals surface area contributed by atoms with E-state index < -0.39 is 36.2 Å². The molecule has 0 unspecified atom stereocenters. The third-order valence-corrected chi connectivity index (χ3v) is 4.06. The Morgan fingerprint density at radius 2 is 1.76 bits per heavy atom. The van der Waals surface area contributed by atoms with Gasteiger partial charge in [-0.3, -0.25) is 4.79 Å². The van der Waals surface area contributed by atoms with Crippen LogP contribution >= 0.6 is 0 Å². The highest BCUT2D eigenvalue weighted by atomic mass is 19.1. The first kappa shape index (κ1) is 21.9. The molecular weight excluding hydrogens is 379 g/mol. The molecule has 0 aliphatic heterocycles. The van der Waals surface area contributed by atoms with Crippen molar-refractivity contribution in [3.63, 3.8) is 0 Å². The van der Waals surface area contributed by atoms with Gasteiger partial charge in [0.05, 0.1) is 7.11 Å². The van der Waals surface area contributed by atoms with E-state index in [2.05, 4.69) is 10.6 Å². The number of nitrogens with one attached hydrogen (secondary N) is 2. The molecular formula is C21H23FN2O5. The number of Topliss-reactive ketones (excluding diaryl/α,β-unsaturated/α-hetero) is 1. The maximum atomic E-state index is 13.7. The highest BCUT2D eigenvalue weighted by Gasteiger charge is 2.26. The van der Waals surface area contributed by atoms with Crippen molar-refractivity contribution in [1.29, 1.82) is 0 Å². The number of ketones is 1. The van der Waals surface area contributed by atoms with E-state index in [9.17, 15) is 18.8 Å². The standard InChI is InChI=1S/C21H23FN2O5/c1-13(2)19(24-21(27)23-15-7-5-4-6-8-15)20(26)29-12-17(25)14-9-10-18(28-3)16(22)11-14/h4-11,13,19H,12H2,1-3H3,(H2,23,24,27)/t19-/m1/s1. The minimum atomic E-state index is -0.959. The van der Waals surface area contributed by atoms with E-state index in [-0.39, 0.29) is 17.2 Å². The number of hydrogen-bond acceptors (Lipinski definition) is 5. The first-order chi connectivity index (χ1) is 13.8. The fourth-order valence-corrected chi connectivity index (χ4v) is 2.48. The number of carbonyl (C=O) groups is 3. The van der Waals surface area contributed by atoms with Gasteiger partial charge in [0.15, 0.2) is 24.0 Å². The summed E-state index contributed by atoms with van der Waals surface area (Å²) in [4.78, 5) is 36.7. The molecule has 0 saturated heterocycles. The minimum Gasteiger partial charge on any atom is -0.494 e. The molecule has 2 N–H and O–H groups in total. The van der Waals surface area contributed by atoms with Gasteiger partial charge in [0, 0.05) is 11.3 Å². The van der Waals surface area contributed by atoms with Crippen LogP contribution in [0.3, 0.4) is 0 Å². The third-order valence-electron chi connectivity index (χ3n) is 4.06. The van der Waals surface area contributed by atoms with Crippen LogP contribution in [0.5, 0.6) is 5.75 Å². The number of esters is 1. The summed E-state index contributed by atoms with van der Waals surface area (Å²) in [5, 5.41) is 5.15. The summed E-state index contributed by atoms with van der Waals surface area (Å²) in [6.45, 7) is 2.89. The van der Waals surface area contributed by atoms with E-state index in [0.29, 0.717) is 5.69 Å². The Bertz CT molecular complexity index is 871. The molecule has 2 aromatic rings. The highest BCUT2D eigenvalue weighted by molar-refractivity contribution is 5.98. The summed E-state index contributed by atoms with van der Waals surface area (Å²) in [5.41, 5.74) is 0.615. The second kappa shape index (κ2) is 10.2. The molecule has 0 saturated carbocycles. The van der Waals surface area contributed by atoms with Crippen molar-refractivity contribution in [1.82, 2.24) is 5.32 Å². The van der Waals surface area contributed by atoms with Crippen molar-refractivity contribution in [2.24, 2.45) is 5.92 Å². The normalized spacial score (nSPS) is 11.5. The van der Waals surface area contributed by atoms with Crippen molar-refractivity contribution in [3.05, 3.63) is 59.9 Å². The Labute approximate surface area is 168 Å². The Hall–Kier alpha value is -3.42. The van der Waals surface area contributed by atoms with Crippen molar-refractivity contribution in [2.45, 2.75) is 19.9 Å². The number of hydrogen-bond donors (Lipinski definition) is 2. The van der Waals surface area contributed by atoms with Gasteiger partial charge in [-0.1, -0.05) is 32.0 Å². The van der Waals surface area contributed by atoms with Crippen LogP contribution in [0.2, 0.25) is 0 Å². The second-order valence-corrected chi connectivity index (χ2v) is 6.57. The van der Waals surface area contributed by atoms with Crippen LogP contribution in [0.15, 0.2) is 48.5 Å². The maximum absolute atomic E-state index is 13.7. The number of halogens is 1. The molecule has 0 radical (unpaired) electrons. The van der Waals surface area contributed by atoms with Crippen LogP contribution < -0.4 is 15.4 Å². The number of urea groups is 1. The molecule has 154 valence electrons. The number of amides is 2. The van der Waals surface area contributed by atoms with Gasteiger partial charge >= 0.3 is 12.0 Å². The topological polar surface area (TPSA) is 93.7 Å². The first-order valence-corrected chi connectivity index (χ1v) is 8.97. The van der Waals surface area contributed by atoms with E-state index in [4.69, 9.17) is 9.47 Å². The monoisotopic (exact) mass is 402 g/mol. The fraction of sp³-hybridized carbons (Fsp3) is 0.286. The van der Waals surface area contributed by atoms with E-state index in [1.165, 1.54) is 19.2 Å². The summed E-state index contributed by atoms with van der Waals surface area (Å²) in [6.07, 6.45) is 0. The summed E-state index contributed by atoms with van der Waals surface area (Å²) in [7, 11) is 1.31. The molecule has 29 heavy (non-hydrogen) atoms. The molecule has 0 bridgehead atoms. The number of anilines is 1. The molecule has 0 aliphatic carbocycles. The van der Waals surface area contributed by atoms with Gasteiger partial charge in [0.25, 0.3) is 0 Å². The smallest absolute Gasteiger partial charge is 0.329 e. The van der Waals surface area contributed by atoms with Crippen molar-refractivity contribution in [2.75, 3.05) is 19.0 Å². The predicted octanol–water partition coefficient (Wildman–Crippen LogP) is 3.41. The van der Waals surface area contributed by atoms with E-state index in [1.54, 1.807) is 38.1 Å². The zero-order valence-electron chi connectivity index (χ0n) is 16.4. The van der Waals surface area contributed by atoms with Gasteiger partial charge in [0.1, 0.15) is 6.04 Å². The van der Waals surface area contributed by atoms with Gasteiger partial charge in [-0.15, -0.1) is 0 Å². The molecule has 2 amide bonds. The number of benzene rings is 2. The number of rotatable bonds is 8. The van der Waals surface area contributed by atoms with E-state index in [0.717, 1.165) is 6.07 Å². The molecule has 2 rings (SSSR count). The summed E-state index contributed by atoms with van der Waals surface area (Å²) < 4.78 is 23.6. The second-order valence-electron chi connectivity index (χ2n) is 6.57. The molecule has 7 nitrogen and oxygen atoms in total. The Balaban J connectivity index is 1.94. The van der Waals surface area contributed by atoms with Crippen LogP contribution in [-0.4, -0.2) is 37.5 Å². The molecule has 1 atom stereocenters. The molecule has 8 heteroatoms. The molecule has 0 fully saturated rings. The summed E-state index contributed by atoms with van der Waals surface area (Å²) in [5.74, 6) is -2.30. The molecule has 0 spiro atoms. The van der Waals surface area contributed by atoms with Gasteiger partial charge in [-0.25, -0.2) is 14.0 Å². The Morgan fingerprint density at radius 1 is 1.07 bits per heavy atom. The number of methoxy groups -OCH3 is 1. The quantitative estimate of drug-likeness (QED) is 0.521. The van der Waals surface area contributed by atoms with E-state index >= 15 is 0 Å². The predicted molar refractivity (Wildman–Crippen MR) is 105 cm³/mol. The van der Waals surface area contributed by atoms with Crippen LogP contribution in [-0.2, 0) is 9.53 Å². The average molecular weight is 402 g/mol. The lowest BCUT2D eigenvalue weighted by molar-refractivity contribution is -0.145. The Morgan fingerprint density at radius 3 is 2.34 bits per heavy atom. The summed E-state index contributed by atoms with van der Waals surface area (Å²) in [6, 6.07) is 10.9. The van der Waals surface area contributed by atoms with Gasteiger partial charge in [-0.05, 0) is 36.2 Å². The fourth-order valence-electron chi connectivity index (χ4n) is 2.48. The van der Waals surface area contributed by atoms with Gasteiger partial charge in [-0.2, -0.15) is 0 Å². The lowest BCUT2D eigenvalue weighted by Crippen LogP contribution is -2.47. The van der Waals surface area contributed by atoms with Gasteiger partial charge in [0.2, 0.25) is 0 Å². The Kier molecular flexibility index (Phi) is 7.70. The maximum Gasteiger partial charge on any atom is 0.329 e. The number of ether oxygens (including phenoxy) is 2. The van der Waals surface area contributed by atoms with Crippen LogP contribution in [0.1, 0.15) is 24.2 Å². The lowest BCUT2D eigenvalue weighted by Gasteiger charge is -2.21. The third kappa shape index (κ3) is 6.31.